The van der Waals surface area contributed by atoms with Gasteiger partial charge >= 0.3 is 16.3 Å². The molecule has 0 N–H and O–H groups in total. The van der Waals surface area contributed by atoms with Gasteiger partial charge in [0.1, 0.15) is 10.7 Å². The van der Waals surface area contributed by atoms with Gasteiger partial charge in [0.15, 0.2) is 5.75 Å². The molecule has 1 aromatic rings. The first-order chi connectivity index (χ1) is 7.65. The topological polar surface area (TPSA) is 56.3 Å². The van der Waals surface area contributed by atoms with Crippen molar-refractivity contribution in [1.29, 1.82) is 0 Å². The van der Waals surface area contributed by atoms with Crippen LogP contribution in [0.3, 0.4) is 0 Å². The van der Waals surface area contributed by atoms with E-state index in [0.29, 0.717) is 12.3 Å². The fourth-order valence-corrected chi connectivity index (χ4v) is 1.58. The molecule has 1 aromatic heterocycles. The van der Waals surface area contributed by atoms with Gasteiger partial charge in [-0.15, -0.1) is 0 Å². The van der Waals surface area contributed by atoms with Crippen LogP contribution in [0, 0.1) is 0 Å². The van der Waals surface area contributed by atoms with E-state index in [1.165, 1.54) is 6.92 Å². The number of rotatable bonds is 3. The highest BCUT2D eigenvalue weighted by atomic mass is 35.5. The number of nitrogens with zero attached hydrogens (tertiary/aromatic N) is 1. The van der Waals surface area contributed by atoms with Crippen LogP contribution >= 0.6 is 11.6 Å². The second-order valence-electron chi connectivity index (χ2n) is 2.93. The Morgan fingerprint density at radius 1 is 1.47 bits per heavy atom. The van der Waals surface area contributed by atoms with Gasteiger partial charge in [0.05, 0.1) is 11.9 Å². The van der Waals surface area contributed by atoms with Gasteiger partial charge < -0.3 is 4.18 Å². The monoisotopic (exact) mass is 289 g/mol. The highest BCUT2D eigenvalue weighted by molar-refractivity contribution is 7.87. The summed E-state index contributed by atoms with van der Waals surface area (Å²) in [5.74, 6) is -1.34. The Hall–Kier alpha value is -1.02. The molecule has 0 spiro atoms. The molecule has 0 saturated carbocycles. The van der Waals surface area contributed by atoms with Crippen molar-refractivity contribution < 1.29 is 25.8 Å². The van der Waals surface area contributed by atoms with Crippen molar-refractivity contribution in [3.63, 3.8) is 0 Å². The molecule has 0 aliphatic heterocycles. The van der Waals surface area contributed by atoms with Crippen LogP contribution in [0.4, 0.5) is 13.2 Å². The Morgan fingerprint density at radius 3 is 2.53 bits per heavy atom. The lowest BCUT2D eigenvalue weighted by Gasteiger charge is -2.12. The second-order valence-corrected chi connectivity index (χ2v) is 5.18. The van der Waals surface area contributed by atoms with Crippen molar-refractivity contribution in [3.8, 4) is 5.75 Å². The molecule has 17 heavy (non-hydrogen) atoms. The van der Waals surface area contributed by atoms with Gasteiger partial charge in [-0.25, -0.2) is 4.98 Å². The standard InChI is InChI=1S/C8H7ClF3NO3S/c1-2-17(14,15)16-6-4-13-7(9)3-5(6)8(10,11)12/h3-4H,2H2,1H3. The fourth-order valence-electron chi connectivity index (χ4n) is 0.901. The number of aromatic nitrogens is 1. The predicted molar refractivity (Wildman–Crippen MR) is 54.3 cm³/mol. The highest BCUT2D eigenvalue weighted by Crippen LogP contribution is 2.37. The Kier molecular flexibility index (Phi) is 3.88. The van der Waals surface area contributed by atoms with Gasteiger partial charge in [0.2, 0.25) is 0 Å². The van der Waals surface area contributed by atoms with Gasteiger partial charge in [-0.05, 0) is 13.0 Å². The van der Waals surface area contributed by atoms with Crippen molar-refractivity contribution in [3.05, 3.63) is 23.0 Å². The van der Waals surface area contributed by atoms with Crippen LogP contribution < -0.4 is 4.18 Å². The van der Waals surface area contributed by atoms with Crippen LogP contribution in [-0.4, -0.2) is 19.2 Å². The van der Waals surface area contributed by atoms with Gasteiger partial charge in [-0.1, -0.05) is 11.6 Å². The van der Waals surface area contributed by atoms with Gasteiger partial charge in [0, 0.05) is 0 Å². The summed E-state index contributed by atoms with van der Waals surface area (Å²) in [6.45, 7) is 1.24. The summed E-state index contributed by atoms with van der Waals surface area (Å²) >= 11 is 5.31. The Labute approximate surface area is 100 Å². The maximum absolute atomic E-state index is 12.5. The largest absolute Gasteiger partial charge is 0.420 e. The van der Waals surface area contributed by atoms with Crippen LogP contribution in [0.2, 0.25) is 5.15 Å². The van der Waals surface area contributed by atoms with E-state index in [-0.39, 0.29) is 0 Å². The first kappa shape index (κ1) is 14.0. The van der Waals surface area contributed by atoms with Gasteiger partial charge in [0.25, 0.3) is 0 Å². The van der Waals surface area contributed by atoms with Crippen molar-refractivity contribution in [2.45, 2.75) is 13.1 Å². The normalized spacial score (nSPS) is 12.5. The first-order valence-electron chi connectivity index (χ1n) is 4.30. The molecule has 9 heteroatoms. The van der Waals surface area contributed by atoms with Crippen molar-refractivity contribution in [2.75, 3.05) is 5.75 Å². The van der Waals surface area contributed by atoms with Crippen LogP contribution in [0.5, 0.6) is 5.75 Å². The Morgan fingerprint density at radius 2 is 2.06 bits per heavy atom. The number of halogens is 4. The van der Waals surface area contributed by atoms with Crippen LogP contribution in [0.15, 0.2) is 12.3 Å². The summed E-state index contributed by atoms with van der Waals surface area (Å²) in [4.78, 5) is 3.35. The zero-order valence-corrected chi connectivity index (χ0v) is 10.0. The Bertz CT molecular complexity index is 515. The number of pyridine rings is 1. The molecule has 4 nitrogen and oxygen atoms in total. The smallest absolute Gasteiger partial charge is 0.380 e. The molecule has 1 heterocycles. The molecule has 96 valence electrons. The summed E-state index contributed by atoms with van der Waals surface area (Å²) in [5, 5.41) is -0.404. The minimum Gasteiger partial charge on any atom is -0.380 e. The average molecular weight is 290 g/mol. The van der Waals surface area contributed by atoms with Crippen molar-refractivity contribution in [2.24, 2.45) is 0 Å². The first-order valence-corrected chi connectivity index (χ1v) is 6.26. The zero-order chi connectivity index (χ0) is 13.3. The lowest BCUT2D eigenvalue weighted by Crippen LogP contribution is -2.16. The summed E-state index contributed by atoms with van der Waals surface area (Å²) in [6.07, 6.45) is -4.15. The minimum absolute atomic E-state index is 0.404. The van der Waals surface area contributed by atoms with E-state index in [4.69, 9.17) is 11.6 Å². The molecule has 0 fully saturated rings. The molecule has 0 unspecified atom stereocenters. The fraction of sp³-hybridized carbons (Fsp3) is 0.375. The summed E-state index contributed by atoms with van der Waals surface area (Å²) in [6, 6.07) is 0.502. The molecule has 0 bridgehead atoms. The van der Waals surface area contributed by atoms with E-state index in [9.17, 15) is 21.6 Å². The third kappa shape index (κ3) is 3.74. The lowest BCUT2D eigenvalue weighted by molar-refractivity contribution is -0.138. The maximum atomic E-state index is 12.5. The van der Waals surface area contributed by atoms with E-state index in [1.807, 2.05) is 0 Å². The molecule has 0 amide bonds. The highest BCUT2D eigenvalue weighted by Gasteiger charge is 2.36. The SMILES string of the molecule is CCS(=O)(=O)Oc1cnc(Cl)cc1C(F)(F)F. The van der Waals surface area contributed by atoms with Crippen molar-refractivity contribution in [1.82, 2.24) is 4.98 Å². The van der Waals surface area contributed by atoms with Crippen LogP contribution in [0.1, 0.15) is 12.5 Å². The molecule has 0 radical (unpaired) electrons. The maximum Gasteiger partial charge on any atom is 0.420 e. The second kappa shape index (κ2) is 4.69. The molecule has 0 atom stereocenters. The van der Waals surface area contributed by atoms with E-state index >= 15 is 0 Å². The quantitative estimate of drug-likeness (QED) is 0.634. The van der Waals surface area contributed by atoms with E-state index < -0.39 is 38.5 Å². The van der Waals surface area contributed by atoms with Gasteiger partial charge in [-0.3, -0.25) is 0 Å². The number of hydrogen-bond donors (Lipinski definition) is 0. The van der Waals surface area contributed by atoms with E-state index in [0.717, 1.165) is 0 Å². The van der Waals surface area contributed by atoms with Crippen LogP contribution in [0.25, 0.3) is 0 Å². The Balaban J connectivity index is 3.26. The number of hydrogen-bond acceptors (Lipinski definition) is 4. The van der Waals surface area contributed by atoms with Gasteiger partial charge in [-0.2, -0.15) is 21.6 Å². The lowest BCUT2D eigenvalue weighted by atomic mass is 10.2. The summed E-state index contributed by atoms with van der Waals surface area (Å²) in [7, 11) is -4.05. The zero-order valence-electron chi connectivity index (χ0n) is 8.45. The molecule has 0 aliphatic rings. The summed E-state index contributed by atoms with van der Waals surface area (Å²) < 4.78 is 64.1. The molecule has 1 rings (SSSR count). The van der Waals surface area contributed by atoms with Crippen LogP contribution in [-0.2, 0) is 16.3 Å². The average Bonchev–Trinajstić information content (AvgIpc) is 2.19. The number of alkyl halides is 3. The van der Waals surface area contributed by atoms with E-state index in [2.05, 4.69) is 9.17 Å². The third-order valence-electron chi connectivity index (χ3n) is 1.71. The van der Waals surface area contributed by atoms with Crippen molar-refractivity contribution >= 4 is 21.7 Å². The third-order valence-corrected chi connectivity index (χ3v) is 3.06. The molecule has 0 aliphatic carbocycles. The molecule has 0 saturated heterocycles. The molecular formula is C8H7ClF3NO3S. The minimum atomic E-state index is -4.77. The molecule has 0 aromatic carbocycles. The van der Waals surface area contributed by atoms with E-state index in [1.54, 1.807) is 0 Å². The predicted octanol–water partition coefficient (Wildman–Crippen LogP) is 2.48. The molecular weight excluding hydrogens is 283 g/mol. The summed E-state index contributed by atoms with van der Waals surface area (Å²) in [5.41, 5.74) is -1.28.